The Morgan fingerprint density at radius 2 is 1.92 bits per heavy atom. The SMILES string of the molecule is C=CN(c1cncc(C2CCCN2C(=O)C(NC(=O)C(C)NC)C2CCCCC2)c1)c1ccccc1N. The fourth-order valence-corrected chi connectivity index (χ4v) is 5.62. The first-order chi connectivity index (χ1) is 17.9. The standard InChI is InChI=1S/C29H40N6O2/c1-4-34(26-14-9-8-13-24(26)30)23-17-22(18-32-19-23)25-15-10-16-35(25)29(37)27(21-11-6-5-7-12-21)33-28(36)20(2)31-3/h4,8-9,13-14,17-21,25,27,31H,1,5-7,10-12,15-16,30H2,2-3H3,(H,33,36). The van der Waals surface area contributed by atoms with Crippen molar-refractivity contribution in [1.29, 1.82) is 0 Å². The average Bonchev–Trinajstić information content (AvgIpc) is 3.43. The number of aromatic nitrogens is 1. The van der Waals surface area contributed by atoms with Gasteiger partial charge in [0.25, 0.3) is 0 Å². The van der Waals surface area contributed by atoms with Crippen LogP contribution in [0.5, 0.6) is 0 Å². The first-order valence-corrected chi connectivity index (χ1v) is 13.4. The lowest BCUT2D eigenvalue weighted by molar-refractivity contribution is -0.139. The number of nitrogen functional groups attached to an aromatic ring is 1. The maximum absolute atomic E-state index is 14.0. The molecule has 2 fully saturated rings. The molecule has 1 aromatic carbocycles. The zero-order chi connectivity index (χ0) is 26.4. The molecule has 198 valence electrons. The molecule has 3 unspecified atom stereocenters. The van der Waals surface area contributed by atoms with E-state index in [0.717, 1.165) is 55.5 Å². The Labute approximate surface area is 220 Å². The molecule has 3 atom stereocenters. The number of amides is 2. The number of likely N-dealkylation sites (tertiary alicyclic amines) is 1. The number of carbonyl (C=O) groups excluding carboxylic acids is 2. The van der Waals surface area contributed by atoms with Crippen LogP contribution < -0.4 is 21.3 Å². The predicted octanol–water partition coefficient (Wildman–Crippen LogP) is 4.28. The van der Waals surface area contributed by atoms with Crippen LogP contribution in [0.15, 0.2) is 55.5 Å². The summed E-state index contributed by atoms with van der Waals surface area (Å²) in [6.45, 7) is 6.47. The number of anilines is 3. The van der Waals surface area contributed by atoms with Crippen molar-refractivity contribution in [3.8, 4) is 0 Å². The number of nitrogens with one attached hydrogen (secondary N) is 2. The van der Waals surface area contributed by atoms with Gasteiger partial charge < -0.3 is 26.2 Å². The normalized spacial score (nSPS) is 19.7. The van der Waals surface area contributed by atoms with Gasteiger partial charge in [0.1, 0.15) is 6.04 Å². The summed E-state index contributed by atoms with van der Waals surface area (Å²) in [6.07, 6.45) is 12.4. The molecule has 1 aromatic heterocycles. The van der Waals surface area contributed by atoms with E-state index >= 15 is 0 Å². The summed E-state index contributed by atoms with van der Waals surface area (Å²) in [7, 11) is 1.76. The van der Waals surface area contributed by atoms with E-state index in [1.54, 1.807) is 19.4 Å². The molecular formula is C29H40N6O2. The summed E-state index contributed by atoms with van der Waals surface area (Å²) < 4.78 is 0. The minimum atomic E-state index is -0.505. The van der Waals surface area contributed by atoms with E-state index in [1.165, 1.54) is 6.42 Å². The van der Waals surface area contributed by atoms with Crippen molar-refractivity contribution in [3.05, 3.63) is 61.1 Å². The largest absolute Gasteiger partial charge is 0.397 e. The zero-order valence-corrected chi connectivity index (χ0v) is 22.0. The van der Waals surface area contributed by atoms with E-state index in [0.29, 0.717) is 12.2 Å². The third-order valence-corrected chi connectivity index (χ3v) is 7.83. The van der Waals surface area contributed by atoms with Gasteiger partial charge in [-0.2, -0.15) is 0 Å². The fraction of sp³-hybridized carbons (Fsp3) is 0.483. The van der Waals surface area contributed by atoms with Crippen LogP contribution in [0.1, 0.15) is 63.5 Å². The molecule has 2 aromatic rings. The predicted molar refractivity (Wildman–Crippen MR) is 148 cm³/mol. The van der Waals surface area contributed by atoms with Gasteiger partial charge in [-0.3, -0.25) is 14.6 Å². The second kappa shape index (κ2) is 12.2. The number of likely N-dealkylation sites (N-methyl/N-ethyl adjacent to an activating group) is 1. The van der Waals surface area contributed by atoms with Gasteiger partial charge >= 0.3 is 0 Å². The second-order valence-corrected chi connectivity index (χ2v) is 10.2. The maximum atomic E-state index is 14.0. The van der Waals surface area contributed by atoms with Gasteiger partial charge in [0.05, 0.1) is 35.3 Å². The number of hydrogen-bond acceptors (Lipinski definition) is 6. The number of nitrogens with two attached hydrogens (primary N) is 1. The molecular weight excluding hydrogens is 464 g/mol. The van der Waals surface area contributed by atoms with E-state index in [2.05, 4.69) is 28.3 Å². The minimum Gasteiger partial charge on any atom is -0.397 e. The molecule has 1 saturated heterocycles. The summed E-state index contributed by atoms with van der Waals surface area (Å²) in [5.41, 5.74) is 9.52. The smallest absolute Gasteiger partial charge is 0.245 e. The van der Waals surface area contributed by atoms with Gasteiger partial charge in [-0.1, -0.05) is 38.0 Å². The number of nitrogens with zero attached hydrogens (tertiary/aromatic N) is 3. The summed E-state index contributed by atoms with van der Waals surface area (Å²) in [5.74, 6) is 0.0505. The molecule has 8 nitrogen and oxygen atoms in total. The molecule has 4 N–H and O–H groups in total. The van der Waals surface area contributed by atoms with E-state index in [1.807, 2.05) is 47.2 Å². The van der Waals surface area contributed by atoms with Crippen molar-refractivity contribution < 1.29 is 9.59 Å². The molecule has 0 radical (unpaired) electrons. The van der Waals surface area contributed by atoms with Crippen LogP contribution in [0.2, 0.25) is 0 Å². The summed E-state index contributed by atoms with van der Waals surface area (Å²) in [6, 6.07) is 8.74. The highest BCUT2D eigenvalue weighted by atomic mass is 16.2. The minimum absolute atomic E-state index is 0.0179. The lowest BCUT2D eigenvalue weighted by Gasteiger charge is -2.35. The Morgan fingerprint density at radius 3 is 2.62 bits per heavy atom. The fourth-order valence-electron chi connectivity index (χ4n) is 5.62. The quantitative estimate of drug-likeness (QED) is 0.441. The van der Waals surface area contributed by atoms with Crippen LogP contribution in [0.3, 0.4) is 0 Å². The summed E-state index contributed by atoms with van der Waals surface area (Å²) in [5, 5.41) is 6.10. The van der Waals surface area contributed by atoms with Crippen molar-refractivity contribution in [3.63, 3.8) is 0 Å². The highest BCUT2D eigenvalue weighted by Crippen LogP contribution is 2.37. The molecule has 37 heavy (non-hydrogen) atoms. The van der Waals surface area contributed by atoms with Crippen LogP contribution >= 0.6 is 0 Å². The lowest BCUT2D eigenvalue weighted by Crippen LogP contribution is -2.55. The topological polar surface area (TPSA) is 104 Å². The van der Waals surface area contributed by atoms with Crippen molar-refractivity contribution >= 4 is 28.9 Å². The first-order valence-electron chi connectivity index (χ1n) is 13.4. The molecule has 8 heteroatoms. The van der Waals surface area contributed by atoms with Crippen LogP contribution in [0, 0.1) is 5.92 Å². The molecule has 4 rings (SSSR count). The van der Waals surface area contributed by atoms with Crippen LogP contribution in [0.4, 0.5) is 17.1 Å². The van der Waals surface area contributed by atoms with E-state index in [-0.39, 0.29) is 29.8 Å². The number of pyridine rings is 1. The number of benzene rings is 1. The Bertz CT molecular complexity index is 1100. The Balaban J connectivity index is 1.60. The molecule has 1 aliphatic heterocycles. The van der Waals surface area contributed by atoms with Crippen molar-refractivity contribution in [2.75, 3.05) is 24.2 Å². The Hall–Kier alpha value is -3.39. The van der Waals surface area contributed by atoms with Crippen LogP contribution in [-0.2, 0) is 9.59 Å². The van der Waals surface area contributed by atoms with Gasteiger partial charge in [0, 0.05) is 18.9 Å². The van der Waals surface area contributed by atoms with E-state index < -0.39 is 6.04 Å². The van der Waals surface area contributed by atoms with Crippen LogP contribution in [-0.4, -0.2) is 47.4 Å². The third-order valence-electron chi connectivity index (χ3n) is 7.83. The number of hydrogen-bond donors (Lipinski definition) is 3. The van der Waals surface area contributed by atoms with Crippen molar-refractivity contribution in [2.45, 2.75) is 70.0 Å². The molecule has 0 bridgehead atoms. The van der Waals surface area contributed by atoms with Gasteiger partial charge in [-0.15, -0.1) is 0 Å². The van der Waals surface area contributed by atoms with Crippen molar-refractivity contribution in [2.24, 2.45) is 5.92 Å². The van der Waals surface area contributed by atoms with Gasteiger partial charge in [-0.05, 0) is 69.3 Å². The first kappa shape index (κ1) is 26.7. The monoisotopic (exact) mass is 504 g/mol. The van der Waals surface area contributed by atoms with E-state index in [4.69, 9.17) is 5.73 Å². The molecule has 2 heterocycles. The van der Waals surface area contributed by atoms with Gasteiger partial charge in [-0.25, -0.2) is 0 Å². The number of rotatable bonds is 9. The Kier molecular flexibility index (Phi) is 8.82. The van der Waals surface area contributed by atoms with E-state index in [9.17, 15) is 9.59 Å². The molecule has 0 spiro atoms. The molecule has 2 aliphatic rings. The van der Waals surface area contributed by atoms with Gasteiger partial charge in [0.2, 0.25) is 11.8 Å². The van der Waals surface area contributed by atoms with Gasteiger partial charge in [0.15, 0.2) is 0 Å². The lowest BCUT2D eigenvalue weighted by atomic mass is 9.83. The summed E-state index contributed by atoms with van der Waals surface area (Å²) in [4.78, 5) is 35.3. The highest BCUT2D eigenvalue weighted by Gasteiger charge is 2.39. The molecule has 2 amide bonds. The zero-order valence-electron chi connectivity index (χ0n) is 22.0. The molecule has 1 aliphatic carbocycles. The maximum Gasteiger partial charge on any atom is 0.245 e. The average molecular weight is 505 g/mol. The molecule has 1 saturated carbocycles. The second-order valence-electron chi connectivity index (χ2n) is 10.2. The summed E-state index contributed by atoms with van der Waals surface area (Å²) >= 11 is 0. The Morgan fingerprint density at radius 1 is 1.16 bits per heavy atom. The third kappa shape index (κ3) is 5.96. The van der Waals surface area contributed by atoms with Crippen molar-refractivity contribution in [1.82, 2.24) is 20.5 Å². The van der Waals surface area contributed by atoms with Crippen LogP contribution in [0.25, 0.3) is 0 Å². The number of para-hydroxylation sites is 2. The number of carbonyl (C=O) groups is 2. The highest BCUT2D eigenvalue weighted by molar-refractivity contribution is 5.90.